The number of hydrogen-bond donors (Lipinski definition) is 9. The molecule has 0 aromatic heterocycles. The predicted octanol–water partition coefficient (Wildman–Crippen LogP) is -5.94. The molecule has 0 bridgehead atoms. The van der Waals surface area contributed by atoms with Crippen LogP contribution >= 0.6 is 15.6 Å². The zero-order valence-corrected chi connectivity index (χ0v) is 11.3. The van der Waals surface area contributed by atoms with Crippen LogP contribution in [0.3, 0.4) is 0 Å². The van der Waals surface area contributed by atoms with E-state index in [-0.39, 0.29) is 16.4 Å². The highest BCUT2D eigenvalue weighted by molar-refractivity contribution is 7.45. The average molecular weight is 355 g/mol. The summed E-state index contributed by atoms with van der Waals surface area (Å²) in [6.45, 7) is -0.505. The summed E-state index contributed by atoms with van der Waals surface area (Å²) in [5.41, 5.74) is 4.77. The third-order valence-electron chi connectivity index (χ3n) is 0.514. The van der Waals surface area contributed by atoms with Crippen LogP contribution in [0.15, 0.2) is 0 Å². The first-order chi connectivity index (χ1) is 7.18. The standard InChI is InChI=1S/C3H7NO3.2H3O4P.3H2O/c4-2(1-5)3(6)7;2*1-5(2,3)4;;;/h2,5H,1,4H2,(H,6,7);2*(H3,1,2,3,4);3*1H2. The molecule has 0 aliphatic carbocycles. The van der Waals surface area contributed by atoms with Gasteiger partial charge in [-0.05, 0) is 0 Å². The van der Waals surface area contributed by atoms with Gasteiger partial charge >= 0.3 is 21.6 Å². The van der Waals surface area contributed by atoms with E-state index in [9.17, 15) is 4.79 Å². The second-order valence-corrected chi connectivity index (χ2v) is 4.21. The Kier molecular flexibility index (Phi) is 30.3. The summed E-state index contributed by atoms with van der Waals surface area (Å²) < 4.78 is 17.8. The molecule has 130 valence electrons. The summed E-state index contributed by atoms with van der Waals surface area (Å²) in [6.07, 6.45) is 0. The largest absolute Gasteiger partial charge is 0.480 e. The monoisotopic (exact) mass is 355 g/mol. The van der Waals surface area contributed by atoms with Crippen molar-refractivity contribution < 1.29 is 69.9 Å². The third-order valence-corrected chi connectivity index (χ3v) is 0.514. The normalized spacial score (nSPS) is 10.6. The van der Waals surface area contributed by atoms with Crippen molar-refractivity contribution in [2.75, 3.05) is 6.61 Å². The Labute approximate surface area is 111 Å². The highest BCUT2D eigenvalue weighted by Gasteiger charge is 2.07. The van der Waals surface area contributed by atoms with Gasteiger partial charge in [0.05, 0.1) is 6.61 Å². The molecule has 17 heteroatoms. The fraction of sp³-hybridized carbons (Fsp3) is 0.667. The maximum absolute atomic E-state index is 9.65. The zero-order valence-electron chi connectivity index (χ0n) is 9.56. The van der Waals surface area contributed by atoms with Gasteiger partial charge in [-0.25, -0.2) is 9.13 Å². The zero-order chi connectivity index (χ0) is 14.9. The SMILES string of the molecule is NC(CO)C(=O)O.O.O.O.O=P(O)(O)O.O=P(O)(O)O. The molecule has 0 saturated carbocycles. The Morgan fingerprint density at radius 1 is 0.900 bits per heavy atom. The molecule has 0 rings (SSSR count). The van der Waals surface area contributed by atoms with E-state index in [0.717, 1.165) is 0 Å². The van der Waals surface area contributed by atoms with Crippen LogP contribution in [0.2, 0.25) is 0 Å². The summed E-state index contributed by atoms with van der Waals surface area (Å²) in [4.78, 5) is 52.8. The second-order valence-electron chi connectivity index (χ2n) is 2.15. The lowest BCUT2D eigenvalue weighted by Gasteiger charge is -1.96. The lowest BCUT2D eigenvalue weighted by atomic mass is 10.3. The highest BCUT2D eigenvalue weighted by Crippen LogP contribution is 2.26. The van der Waals surface area contributed by atoms with Crippen LogP contribution in [-0.2, 0) is 13.9 Å². The van der Waals surface area contributed by atoms with E-state index >= 15 is 0 Å². The molecule has 0 fully saturated rings. The van der Waals surface area contributed by atoms with Gasteiger partial charge in [-0.3, -0.25) is 4.79 Å². The minimum atomic E-state index is -4.64. The molecule has 15 nitrogen and oxygen atoms in total. The maximum Gasteiger partial charge on any atom is 0.466 e. The smallest absolute Gasteiger partial charge is 0.466 e. The number of hydrogen-bond acceptors (Lipinski definition) is 5. The van der Waals surface area contributed by atoms with E-state index in [1.54, 1.807) is 0 Å². The summed E-state index contributed by atoms with van der Waals surface area (Å²) in [7, 11) is -9.28. The van der Waals surface area contributed by atoms with E-state index < -0.39 is 34.3 Å². The first-order valence-electron chi connectivity index (χ1n) is 3.34. The molecule has 1 unspecified atom stereocenters. The van der Waals surface area contributed by atoms with Crippen molar-refractivity contribution in [2.24, 2.45) is 5.73 Å². The van der Waals surface area contributed by atoms with Gasteiger partial charge in [0.2, 0.25) is 0 Å². The Morgan fingerprint density at radius 3 is 1.05 bits per heavy atom. The van der Waals surface area contributed by atoms with Gasteiger partial charge in [0.15, 0.2) is 0 Å². The lowest BCUT2D eigenvalue weighted by molar-refractivity contribution is -0.139. The van der Waals surface area contributed by atoms with Crippen molar-refractivity contribution in [3.8, 4) is 0 Å². The molecule has 0 spiro atoms. The lowest BCUT2D eigenvalue weighted by Crippen LogP contribution is -2.33. The number of rotatable bonds is 2. The van der Waals surface area contributed by atoms with Gasteiger partial charge in [-0.1, -0.05) is 0 Å². The molecular formula is C3H19NO14P2. The molecule has 0 saturated heterocycles. The van der Waals surface area contributed by atoms with Gasteiger partial charge in [-0.15, -0.1) is 0 Å². The van der Waals surface area contributed by atoms with Crippen LogP contribution in [0.4, 0.5) is 0 Å². The first kappa shape index (κ1) is 36.6. The Bertz CT molecular complexity index is 256. The van der Waals surface area contributed by atoms with Crippen LogP contribution in [0, 0.1) is 0 Å². The molecule has 0 heterocycles. The Balaban J connectivity index is -0.0000000348. The molecule has 0 aliphatic heterocycles. The molecule has 0 aromatic carbocycles. The summed E-state index contributed by atoms with van der Waals surface area (Å²) >= 11 is 0. The number of aliphatic hydroxyl groups is 1. The predicted molar refractivity (Wildman–Crippen MR) is 62.1 cm³/mol. The number of nitrogens with two attached hydrogens (primary N) is 1. The van der Waals surface area contributed by atoms with E-state index in [1.165, 1.54) is 0 Å². The fourth-order valence-electron chi connectivity index (χ4n) is 0.0781. The van der Waals surface area contributed by atoms with E-state index in [0.29, 0.717) is 0 Å². The second kappa shape index (κ2) is 16.5. The number of carbonyl (C=O) groups is 1. The van der Waals surface area contributed by atoms with Crippen LogP contribution in [0.1, 0.15) is 0 Å². The molecular weight excluding hydrogens is 336 g/mol. The van der Waals surface area contributed by atoms with Gasteiger partial charge in [-0.2, -0.15) is 0 Å². The number of carboxylic acid groups (broad SMARTS) is 1. The van der Waals surface area contributed by atoms with Gasteiger partial charge in [0.1, 0.15) is 6.04 Å². The molecule has 1 atom stereocenters. The Morgan fingerprint density at radius 2 is 1.05 bits per heavy atom. The minimum Gasteiger partial charge on any atom is -0.480 e. The minimum absolute atomic E-state index is 0. The summed E-state index contributed by atoms with van der Waals surface area (Å²) in [5.74, 6) is -1.18. The molecule has 0 aliphatic rings. The van der Waals surface area contributed by atoms with Crippen LogP contribution < -0.4 is 5.73 Å². The first-order valence-corrected chi connectivity index (χ1v) is 6.47. The van der Waals surface area contributed by atoms with Gasteiger partial charge in [0.25, 0.3) is 0 Å². The van der Waals surface area contributed by atoms with Crippen molar-refractivity contribution in [2.45, 2.75) is 6.04 Å². The number of phosphoric acid groups is 2. The molecule has 0 radical (unpaired) electrons. The van der Waals surface area contributed by atoms with Crippen LogP contribution in [0.5, 0.6) is 0 Å². The molecule has 0 amide bonds. The van der Waals surface area contributed by atoms with Crippen molar-refractivity contribution in [3.63, 3.8) is 0 Å². The Hall–Kier alpha value is -0.510. The molecule has 0 aromatic rings. The van der Waals surface area contributed by atoms with E-state index in [4.69, 9.17) is 54.4 Å². The number of carboxylic acids is 1. The maximum atomic E-state index is 9.65. The summed E-state index contributed by atoms with van der Waals surface area (Å²) in [5, 5.41) is 15.9. The van der Waals surface area contributed by atoms with E-state index in [1.807, 2.05) is 0 Å². The number of aliphatic carboxylic acids is 1. The van der Waals surface area contributed by atoms with Crippen molar-refractivity contribution in [1.82, 2.24) is 0 Å². The quantitative estimate of drug-likeness (QED) is 0.209. The van der Waals surface area contributed by atoms with Crippen molar-refractivity contribution >= 4 is 21.6 Å². The van der Waals surface area contributed by atoms with Gasteiger partial charge in [0, 0.05) is 0 Å². The van der Waals surface area contributed by atoms with Crippen molar-refractivity contribution in [1.29, 1.82) is 0 Å². The van der Waals surface area contributed by atoms with Crippen LogP contribution in [0.25, 0.3) is 0 Å². The topological polar surface area (TPSA) is 334 Å². The van der Waals surface area contributed by atoms with Gasteiger partial charge < -0.3 is 61.7 Å². The third kappa shape index (κ3) is 158. The molecule has 20 heavy (non-hydrogen) atoms. The average Bonchev–Trinajstić information content (AvgIpc) is 1.96. The fourth-order valence-corrected chi connectivity index (χ4v) is 0.0781. The highest BCUT2D eigenvalue weighted by atomic mass is 31.2. The van der Waals surface area contributed by atoms with Crippen molar-refractivity contribution in [3.05, 3.63) is 0 Å². The molecule has 16 N–H and O–H groups in total. The summed E-state index contributed by atoms with van der Waals surface area (Å²) in [6, 6.07) is -1.13. The van der Waals surface area contributed by atoms with Crippen LogP contribution in [-0.4, -0.2) is 74.6 Å². The van der Waals surface area contributed by atoms with E-state index in [2.05, 4.69) is 0 Å². The number of aliphatic hydroxyl groups excluding tert-OH is 1.